The van der Waals surface area contributed by atoms with E-state index in [1.54, 1.807) is 36.6 Å². The van der Waals surface area contributed by atoms with Gasteiger partial charge in [-0.15, -0.1) is 11.3 Å². The molecule has 0 aliphatic carbocycles. The zero-order chi connectivity index (χ0) is 39.8. The second kappa shape index (κ2) is 22.7. The Kier molecular flexibility index (Phi) is 18.9. The summed E-state index contributed by atoms with van der Waals surface area (Å²) < 4.78 is 11.4. The summed E-state index contributed by atoms with van der Waals surface area (Å²) in [4.78, 5) is 60.7. The van der Waals surface area contributed by atoms with Crippen LogP contribution in [0.4, 0.5) is 0 Å². The summed E-state index contributed by atoms with van der Waals surface area (Å²) in [6.45, 7) is 15.9. The monoisotopic (exact) mass is 771 g/mol. The molecule has 1 aromatic heterocycles. The van der Waals surface area contributed by atoms with Gasteiger partial charge in [-0.1, -0.05) is 73.4 Å². The fourth-order valence-electron chi connectivity index (χ4n) is 6.98. The van der Waals surface area contributed by atoms with Gasteiger partial charge in [-0.25, -0.2) is 4.98 Å². The molecule has 1 unspecified atom stereocenters. The number of thiazole rings is 1. The average Bonchev–Trinajstić information content (AvgIpc) is 3.67. The third-order valence-corrected chi connectivity index (χ3v) is 11.3. The fourth-order valence-corrected chi connectivity index (χ4v) is 7.84. The number of hydrogen-bond acceptors (Lipinski definition) is 10. The molecule has 1 aliphatic rings. The number of carbonyl (C=O) groups is 4. The Labute approximate surface area is 326 Å². The van der Waals surface area contributed by atoms with Gasteiger partial charge in [-0.05, 0) is 74.6 Å². The van der Waals surface area contributed by atoms with Crippen molar-refractivity contribution >= 4 is 35.0 Å². The molecule has 2 heterocycles. The number of phenolic OH excluding ortho intramolecular Hbond substituents is 1. The van der Waals surface area contributed by atoms with E-state index in [0.717, 1.165) is 50.6 Å². The van der Waals surface area contributed by atoms with Gasteiger partial charge in [0.2, 0.25) is 11.8 Å². The van der Waals surface area contributed by atoms with Crippen molar-refractivity contribution in [1.82, 2.24) is 25.8 Å². The molecule has 0 bridgehead atoms. The van der Waals surface area contributed by atoms with Crippen molar-refractivity contribution < 1.29 is 33.8 Å². The molecule has 13 heteroatoms. The van der Waals surface area contributed by atoms with E-state index in [-0.39, 0.29) is 59.1 Å². The summed E-state index contributed by atoms with van der Waals surface area (Å²) in [5, 5.41) is 21.7. The van der Waals surface area contributed by atoms with Crippen molar-refractivity contribution in [2.45, 2.75) is 137 Å². The predicted molar refractivity (Wildman–Crippen MR) is 212 cm³/mol. The molecule has 54 heavy (non-hydrogen) atoms. The van der Waals surface area contributed by atoms with E-state index in [4.69, 9.17) is 14.5 Å². The van der Waals surface area contributed by atoms with Gasteiger partial charge in [0.1, 0.15) is 28.6 Å². The average molecular weight is 772 g/mol. The summed E-state index contributed by atoms with van der Waals surface area (Å²) in [6.07, 6.45) is 5.87. The molecular formula is C41H65N5O7S. The number of ether oxygens (including phenoxy) is 2. The predicted octanol–water partition coefficient (Wildman–Crippen LogP) is 6.18. The van der Waals surface area contributed by atoms with Gasteiger partial charge in [0, 0.05) is 37.0 Å². The first-order valence-corrected chi connectivity index (χ1v) is 20.8. The molecule has 7 atom stereocenters. The first-order valence-electron chi connectivity index (χ1n) is 19.9. The van der Waals surface area contributed by atoms with E-state index in [2.05, 4.69) is 36.7 Å². The van der Waals surface area contributed by atoms with E-state index < -0.39 is 24.1 Å². The normalized spacial score (nSPS) is 17.8. The molecule has 1 fully saturated rings. The number of carbonyl (C=O) groups excluding carboxylic acids is 4. The second-order valence-electron chi connectivity index (χ2n) is 15.1. The number of benzene rings is 1. The SMILES string of the molecule is CCCO[C@H](CC(C(C)C)N(CCC)C(=O)[C@@H](NC(=O)[C@H]1CCCCN1)[C@@H](C)CC)c1nc(C(=O)N[C@@H](Cc2ccc(O)cc2)C[C@H](C)C(=O)OC)cs1. The van der Waals surface area contributed by atoms with Crippen LogP contribution >= 0.6 is 11.3 Å². The zero-order valence-electron chi connectivity index (χ0n) is 33.7. The standard InChI is InChI=1S/C41H65N5O7S/c1-9-20-46(40(50)36(27(6)11-3)45-37(48)32-14-12-13-19-42-32)34(26(4)5)24-35(53-21-10-2)39-44-33(25-54-39)38(49)43-30(22-28(7)41(51)52-8)23-29-15-17-31(47)18-16-29/h15-18,25-28,30,32,34-36,42,47H,9-14,19-24H2,1-8H3,(H,43,49)(H,45,48)/t27-,28-,30+,32+,34?,35+,36-/m0/s1. The summed E-state index contributed by atoms with van der Waals surface area (Å²) in [5.41, 5.74) is 1.15. The van der Waals surface area contributed by atoms with Crippen molar-refractivity contribution in [3.05, 3.63) is 45.9 Å². The van der Waals surface area contributed by atoms with Gasteiger partial charge in [-0.2, -0.15) is 0 Å². The quantitative estimate of drug-likeness (QED) is 0.103. The smallest absolute Gasteiger partial charge is 0.308 e. The molecule has 12 nitrogen and oxygen atoms in total. The Hall–Kier alpha value is -3.55. The number of piperidine rings is 1. The maximum absolute atomic E-state index is 14.6. The maximum atomic E-state index is 14.6. The Morgan fingerprint density at radius 2 is 1.74 bits per heavy atom. The lowest BCUT2D eigenvalue weighted by Gasteiger charge is -2.39. The number of aromatic hydroxyl groups is 1. The summed E-state index contributed by atoms with van der Waals surface area (Å²) in [6, 6.07) is 5.21. The van der Waals surface area contributed by atoms with Gasteiger partial charge < -0.3 is 35.4 Å². The number of esters is 1. The van der Waals surface area contributed by atoms with Crippen LogP contribution in [0.15, 0.2) is 29.6 Å². The topological polar surface area (TPSA) is 159 Å². The largest absolute Gasteiger partial charge is 0.508 e. The number of methoxy groups -OCH3 is 1. The van der Waals surface area contributed by atoms with Crippen molar-refractivity contribution in [2.24, 2.45) is 17.8 Å². The summed E-state index contributed by atoms with van der Waals surface area (Å²) in [5.74, 6) is -1.21. The Morgan fingerprint density at radius 3 is 2.33 bits per heavy atom. The van der Waals surface area contributed by atoms with E-state index in [9.17, 15) is 24.3 Å². The Balaban J connectivity index is 1.86. The van der Waals surface area contributed by atoms with Crippen molar-refractivity contribution in [1.29, 1.82) is 0 Å². The van der Waals surface area contributed by atoms with Crippen LogP contribution in [0.25, 0.3) is 0 Å². The fraction of sp³-hybridized carbons (Fsp3) is 0.683. The highest BCUT2D eigenvalue weighted by atomic mass is 32.1. The van der Waals surface area contributed by atoms with E-state index in [1.807, 2.05) is 25.7 Å². The number of nitrogens with one attached hydrogen (secondary N) is 3. The molecule has 4 N–H and O–H groups in total. The highest BCUT2D eigenvalue weighted by Gasteiger charge is 2.37. The first-order chi connectivity index (χ1) is 25.8. The molecule has 1 saturated heterocycles. The van der Waals surface area contributed by atoms with Gasteiger partial charge in [0.25, 0.3) is 5.91 Å². The number of nitrogens with zero attached hydrogens (tertiary/aromatic N) is 2. The van der Waals surface area contributed by atoms with Crippen LogP contribution in [-0.2, 0) is 30.3 Å². The minimum atomic E-state index is -0.652. The second-order valence-corrected chi connectivity index (χ2v) is 16.0. The van der Waals surface area contributed by atoms with Gasteiger partial charge in [0.15, 0.2) is 0 Å². The van der Waals surface area contributed by atoms with Crippen molar-refractivity contribution in [3.8, 4) is 5.75 Å². The van der Waals surface area contributed by atoms with Crippen LogP contribution in [0.3, 0.4) is 0 Å². The minimum Gasteiger partial charge on any atom is -0.508 e. The van der Waals surface area contributed by atoms with Crippen LogP contribution in [0.1, 0.15) is 127 Å². The van der Waals surface area contributed by atoms with E-state index in [1.165, 1.54) is 18.4 Å². The lowest BCUT2D eigenvalue weighted by Crippen LogP contribution is -2.58. The summed E-state index contributed by atoms with van der Waals surface area (Å²) in [7, 11) is 1.35. The van der Waals surface area contributed by atoms with Crippen LogP contribution in [0, 0.1) is 17.8 Å². The van der Waals surface area contributed by atoms with Crippen LogP contribution < -0.4 is 16.0 Å². The van der Waals surface area contributed by atoms with Crippen molar-refractivity contribution in [2.75, 3.05) is 26.8 Å². The molecule has 3 rings (SSSR count). The van der Waals surface area contributed by atoms with Crippen molar-refractivity contribution in [3.63, 3.8) is 0 Å². The first kappa shape index (κ1) is 44.8. The molecule has 302 valence electrons. The summed E-state index contributed by atoms with van der Waals surface area (Å²) >= 11 is 1.35. The zero-order valence-corrected chi connectivity index (χ0v) is 34.5. The lowest BCUT2D eigenvalue weighted by molar-refractivity contribution is -0.145. The number of rotatable bonds is 22. The van der Waals surface area contributed by atoms with Crippen LogP contribution in [0.5, 0.6) is 5.75 Å². The number of hydrogen-bond donors (Lipinski definition) is 4. The third kappa shape index (κ3) is 13.3. The molecule has 3 amide bonds. The molecule has 0 radical (unpaired) electrons. The number of phenols is 1. The van der Waals surface area contributed by atoms with Gasteiger partial charge in [-0.3, -0.25) is 19.2 Å². The molecule has 0 saturated carbocycles. The number of aromatic nitrogens is 1. The van der Waals surface area contributed by atoms with Gasteiger partial charge in [0.05, 0.1) is 19.1 Å². The minimum absolute atomic E-state index is 0.0575. The molecule has 2 aromatic rings. The molecular weight excluding hydrogens is 707 g/mol. The molecule has 1 aliphatic heterocycles. The van der Waals surface area contributed by atoms with Crippen LogP contribution in [0.2, 0.25) is 0 Å². The number of amides is 3. The van der Waals surface area contributed by atoms with E-state index in [0.29, 0.717) is 37.4 Å². The highest BCUT2D eigenvalue weighted by molar-refractivity contribution is 7.09. The van der Waals surface area contributed by atoms with Gasteiger partial charge >= 0.3 is 5.97 Å². The molecule has 1 aromatic carbocycles. The lowest BCUT2D eigenvalue weighted by atomic mass is 9.92. The Morgan fingerprint density at radius 1 is 1.02 bits per heavy atom. The molecule has 0 spiro atoms. The van der Waals surface area contributed by atoms with Crippen LogP contribution in [-0.4, -0.2) is 89.7 Å². The van der Waals surface area contributed by atoms with E-state index >= 15 is 0 Å². The third-order valence-electron chi connectivity index (χ3n) is 10.3. The Bertz CT molecular complexity index is 1460. The highest BCUT2D eigenvalue weighted by Crippen LogP contribution is 2.32. The maximum Gasteiger partial charge on any atom is 0.308 e.